The van der Waals surface area contributed by atoms with Gasteiger partial charge < -0.3 is 18.9 Å². The second-order valence-electron chi connectivity index (χ2n) is 11.0. The summed E-state index contributed by atoms with van der Waals surface area (Å²) >= 11 is 0. The van der Waals surface area contributed by atoms with Crippen LogP contribution in [0.1, 0.15) is 25.0 Å². The first-order valence-electron chi connectivity index (χ1n) is 15.2. The molecule has 0 saturated carbocycles. The van der Waals surface area contributed by atoms with Gasteiger partial charge in [-0.3, -0.25) is 29.2 Å². The van der Waals surface area contributed by atoms with E-state index >= 15 is 0 Å². The average Bonchev–Trinajstić information content (AvgIpc) is 3.47. The van der Waals surface area contributed by atoms with Crippen LogP contribution in [-0.4, -0.2) is 108 Å². The lowest BCUT2D eigenvalue weighted by Crippen LogP contribution is -2.51. The summed E-state index contributed by atoms with van der Waals surface area (Å²) in [4.78, 5) is 58.2. The van der Waals surface area contributed by atoms with Crippen molar-refractivity contribution in [3.63, 3.8) is 0 Å². The van der Waals surface area contributed by atoms with Crippen molar-refractivity contribution < 1.29 is 38.1 Å². The minimum absolute atomic E-state index is 0.0951. The molecular weight excluding hydrogens is 616 g/mol. The Hall–Kier alpha value is -5.88. The molecule has 2 aromatic rings. The molecule has 2 heterocycles. The van der Waals surface area contributed by atoms with Crippen LogP contribution in [0.25, 0.3) is 0 Å². The van der Waals surface area contributed by atoms with Crippen LogP contribution in [0.3, 0.4) is 0 Å². The summed E-state index contributed by atoms with van der Waals surface area (Å²) in [6, 6.07) is 12.9. The number of hydrogen-bond donors (Lipinski definition) is 0. The zero-order chi connectivity index (χ0) is 34.8. The maximum absolute atomic E-state index is 14.0. The van der Waals surface area contributed by atoms with Crippen LogP contribution < -0.4 is 9.47 Å². The standard InChI is InChI=1S/C36H38N4O8/c1-7-17-37-33-34(40(35(37)43)22-32(48-26(6)42)24-46-30-16-12-14-28(10-4)20-30)38(18-8-2)36(44)39(33)21-31(47-25(5)41)23-45-29-15-11-13-27(9-3)19-29/h3-4,7-8,11-16,19-20,31-34H,1-2,17-18,21-24H2,5-6H3. The lowest BCUT2D eigenvalue weighted by Gasteiger charge is -2.31. The van der Waals surface area contributed by atoms with Crippen LogP contribution in [0.4, 0.5) is 9.59 Å². The normalized spacial score (nSPS) is 17.9. The Bertz CT molecular complexity index is 1510. The van der Waals surface area contributed by atoms with Crippen LogP contribution in [0, 0.1) is 24.7 Å². The molecule has 4 unspecified atom stereocenters. The van der Waals surface area contributed by atoms with Crippen LogP contribution in [0.2, 0.25) is 0 Å². The highest BCUT2D eigenvalue weighted by Crippen LogP contribution is 2.36. The van der Waals surface area contributed by atoms with Gasteiger partial charge in [-0.05, 0) is 36.4 Å². The first-order chi connectivity index (χ1) is 23.1. The molecule has 2 saturated heterocycles. The number of terminal acetylenes is 2. The maximum Gasteiger partial charge on any atom is 0.323 e. The number of urea groups is 2. The minimum atomic E-state index is -0.902. The predicted octanol–water partition coefficient (Wildman–Crippen LogP) is 3.47. The summed E-state index contributed by atoms with van der Waals surface area (Å²) in [5.41, 5.74) is 1.22. The quantitative estimate of drug-likeness (QED) is 0.154. The van der Waals surface area contributed by atoms with E-state index in [0.717, 1.165) is 0 Å². The van der Waals surface area contributed by atoms with Crippen molar-refractivity contribution in [2.75, 3.05) is 39.4 Å². The lowest BCUT2D eigenvalue weighted by atomic mass is 10.2. The van der Waals surface area contributed by atoms with Crippen LogP contribution >= 0.6 is 0 Å². The molecular formula is C36H38N4O8. The molecule has 0 bridgehead atoms. The highest BCUT2D eigenvalue weighted by atomic mass is 16.6. The number of ether oxygens (including phenoxy) is 4. The number of benzene rings is 2. The van der Waals surface area contributed by atoms with Crippen molar-refractivity contribution in [2.24, 2.45) is 0 Å². The van der Waals surface area contributed by atoms with Crippen molar-refractivity contribution in [1.29, 1.82) is 0 Å². The van der Waals surface area contributed by atoms with E-state index in [2.05, 4.69) is 25.0 Å². The molecule has 2 fully saturated rings. The van der Waals surface area contributed by atoms with E-state index in [0.29, 0.717) is 22.6 Å². The van der Waals surface area contributed by atoms with Gasteiger partial charge in [0, 0.05) is 38.1 Å². The first kappa shape index (κ1) is 35.0. The minimum Gasteiger partial charge on any atom is -0.490 e. The molecule has 4 atom stereocenters. The molecule has 0 aromatic heterocycles. The van der Waals surface area contributed by atoms with Gasteiger partial charge in [-0.15, -0.1) is 26.0 Å². The summed E-state index contributed by atoms with van der Waals surface area (Å²) in [6.07, 6.45) is 10.7. The van der Waals surface area contributed by atoms with E-state index in [1.54, 1.807) is 60.7 Å². The molecule has 2 aliphatic rings. The van der Waals surface area contributed by atoms with Gasteiger partial charge in [0.05, 0.1) is 13.1 Å². The van der Waals surface area contributed by atoms with Gasteiger partial charge in [-0.1, -0.05) is 36.1 Å². The number of carbonyl (C=O) groups is 4. The van der Waals surface area contributed by atoms with Gasteiger partial charge in [-0.2, -0.15) is 0 Å². The Morgan fingerprint density at radius 2 is 1.15 bits per heavy atom. The zero-order valence-electron chi connectivity index (χ0n) is 26.9. The van der Waals surface area contributed by atoms with Gasteiger partial charge in [-0.25, -0.2) is 9.59 Å². The fourth-order valence-corrected chi connectivity index (χ4v) is 5.67. The summed E-state index contributed by atoms with van der Waals surface area (Å²) in [6.45, 7) is 9.93. The van der Waals surface area contributed by atoms with Crippen molar-refractivity contribution in [3.8, 4) is 36.2 Å². The molecule has 2 aliphatic heterocycles. The van der Waals surface area contributed by atoms with Gasteiger partial charge in [0.2, 0.25) is 0 Å². The van der Waals surface area contributed by atoms with Gasteiger partial charge in [0.1, 0.15) is 37.0 Å². The molecule has 2 aromatic carbocycles. The number of nitrogens with zero attached hydrogens (tertiary/aromatic N) is 4. The van der Waals surface area contributed by atoms with E-state index in [9.17, 15) is 19.2 Å². The molecule has 250 valence electrons. The summed E-state index contributed by atoms with van der Waals surface area (Å²) < 4.78 is 23.0. The average molecular weight is 655 g/mol. The Morgan fingerprint density at radius 1 is 0.750 bits per heavy atom. The first-order valence-corrected chi connectivity index (χ1v) is 15.2. The monoisotopic (exact) mass is 654 g/mol. The number of carbonyl (C=O) groups excluding carboxylic acids is 4. The molecule has 0 spiro atoms. The van der Waals surface area contributed by atoms with Gasteiger partial charge >= 0.3 is 24.0 Å². The van der Waals surface area contributed by atoms with E-state index in [1.165, 1.54) is 33.4 Å². The Kier molecular flexibility index (Phi) is 11.7. The highest BCUT2D eigenvalue weighted by Gasteiger charge is 2.59. The SMILES string of the molecule is C#Cc1cccc(OCC(CN2C(=O)N(CC=C)C3C2N(CC=C)C(=O)N3CC(COc2cccc(C#C)c2)OC(C)=O)OC(C)=O)c1. The third-order valence-electron chi connectivity index (χ3n) is 7.52. The zero-order valence-corrected chi connectivity index (χ0v) is 26.9. The van der Waals surface area contributed by atoms with Crippen molar-refractivity contribution in [2.45, 2.75) is 38.4 Å². The number of fused-ring (bicyclic) bond motifs is 1. The second kappa shape index (κ2) is 16.1. The molecule has 12 heteroatoms. The maximum atomic E-state index is 14.0. The topological polar surface area (TPSA) is 118 Å². The van der Waals surface area contributed by atoms with Gasteiger partial charge in [0.25, 0.3) is 0 Å². The van der Waals surface area contributed by atoms with Crippen molar-refractivity contribution in [1.82, 2.24) is 19.6 Å². The van der Waals surface area contributed by atoms with Crippen LogP contribution in [-0.2, 0) is 19.1 Å². The summed E-state index contributed by atoms with van der Waals surface area (Å²) in [5.74, 6) is 4.85. The molecule has 0 radical (unpaired) electrons. The number of amides is 4. The summed E-state index contributed by atoms with van der Waals surface area (Å²) in [5, 5.41) is 0. The largest absolute Gasteiger partial charge is 0.490 e. The Balaban J connectivity index is 1.61. The van der Waals surface area contributed by atoms with Crippen LogP contribution in [0.5, 0.6) is 11.5 Å². The fraction of sp³-hybridized carbons (Fsp3) is 0.333. The predicted molar refractivity (Wildman–Crippen MR) is 176 cm³/mol. The molecule has 48 heavy (non-hydrogen) atoms. The molecule has 12 nitrogen and oxygen atoms in total. The van der Waals surface area contributed by atoms with E-state index in [-0.39, 0.29) is 39.4 Å². The Morgan fingerprint density at radius 3 is 1.48 bits per heavy atom. The van der Waals surface area contributed by atoms with Crippen LogP contribution in [0.15, 0.2) is 73.8 Å². The van der Waals surface area contributed by atoms with Crippen molar-refractivity contribution in [3.05, 3.63) is 85.0 Å². The highest BCUT2D eigenvalue weighted by molar-refractivity contribution is 5.85. The van der Waals surface area contributed by atoms with E-state index < -0.39 is 48.5 Å². The molecule has 4 amide bonds. The smallest absolute Gasteiger partial charge is 0.323 e. The lowest BCUT2D eigenvalue weighted by molar-refractivity contribution is -0.150. The second-order valence-corrected chi connectivity index (χ2v) is 11.0. The summed E-state index contributed by atoms with van der Waals surface area (Å²) in [7, 11) is 0. The molecule has 0 aliphatic carbocycles. The number of hydrogen-bond acceptors (Lipinski definition) is 8. The number of esters is 2. The third kappa shape index (κ3) is 8.28. The fourth-order valence-electron chi connectivity index (χ4n) is 5.67. The Labute approximate surface area is 280 Å². The van der Waals surface area contributed by atoms with Gasteiger partial charge in [0.15, 0.2) is 12.2 Å². The van der Waals surface area contributed by atoms with E-state index in [1.807, 2.05) is 0 Å². The molecule has 0 N–H and O–H groups in total. The number of rotatable bonds is 16. The molecule has 4 rings (SSSR count). The van der Waals surface area contributed by atoms with E-state index in [4.69, 9.17) is 31.8 Å². The van der Waals surface area contributed by atoms with Crippen molar-refractivity contribution >= 4 is 24.0 Å². The third-order valence-corrected chi connectivity index (χ3v) is 7.52.